The Kier molecular flexibility index (Phi) is 4.35. The fourth-order valence-corrected chi connectivity index (χ4v) is 1.70. The standard InChI is InChI=1S/C11H14BrClN2O/c1-11(2,6-14)15-10(16)8-5-7(13)3-4-9(8)12/h3-5H,6,14H2,1-2H3,(H,15,16). The summed E-state index contributed by atoms with van der Waals surface area (Å²) in [5.41, 5.74) is 5.62. The highest BCUT2D eigenvalue weighted by molar-refractivity contribution is 9.10. The smallest absolute Gasteiger partial charge is 0.252 e. The minimum Gasteiger partial charge on any atom is -0.346 e. The molecule has 0 heterocycles. The van der Waals surface area contributed by atoms with Gasteiger partial charge in [0.05, 0.1) is 5.56 Å². The number of rotatable bonds is 3. The van der Waals surface area contributed by atoms with Crippen LogP contribution in [-0.4, -0.2) is 18.0 Å². The van der Waals surface area contributed by atoms with Crippen molar-refractivity contribution >= 4 is 33.4 Å². The van der Waals surface area contributed by atoms with E-state index in [4.69, 9.17) is 17.3 Å². The molecule has 0 radical (unpaired) electrons. The van der Waals surface area contributed by atoms with Crippen LogP contribution in [0, 0.1) is 0 Å². The van der Waals surface area contributed by atoms with Gasteiger partial charge in [-0.05, 0) is 48.0 Å². The lowest BCUT2D eigenvalue weighted by atomic mass is 10.1. The van der Waals surface area contributed by atoms with E-state index in [2.05, 4.69) is 21.2 Å². The van der Waals surface area contributed by atoms with Crippen molar-refractivity contribution in [2.24, 2.45) is 5.73 Å². The summed E-state index contributed by atoms with van der Waals surface area (Å²) in [5.74, 6) is -0.190. The Balaban J connectivity index is 2.93. The minimum absolute atomic E-state index is 0.190. The predicted molar refractivity (Wildman–Crippen MR) is 69.8 cm³/mol. The van der Waals surface area contributed by atoms with Gasteiger partial charge in [0.25, 0.3) is 5.91 Å². The first-order chi connectivity index (χ1) is 7.35. The fourth-order valence-electron chi connectivity index (χ4n) is 1.10. The summed E-state index contributed by atoms with van der Waals surface area (Å²) in [4.78, 5) is 11.9. The molecule has 0 aliphatic rings. The highest BCUT2D eigenvalue weighted by Crippen LogP contribution is 2.21. The van der Waals surface area contributed by atoms with Gasteiger partial charge in [0.1, 0.15) is 0 Å². The second kappa shape index (κ2) is 5.17. The molecule has 0 atom stereocenters. The van der Waals surface area contributed by atoms with Crippen LogP contribution in [0.3, 0.4) is 0 Å². The quantitative estimate of drug-likeness (QED) is 0.902. The number of benzene rings is 1. The van der Waals surface area contributed by atoms with Gasteiger partial charge < -0.3 is 11.1 Å². The largest absolute Gasteiger partial charge is 0.346 e. The van der Waals surface area contributed by atoms with Crippen LogP contribution >= 0.6 is 27.5 Å². The van der Waals surface area contributed by atoms with Crippen LogP contribution in [-0.2, 0) is 0 Å². The molecule has 3 N–H and O–H groups in total. The first-order valence-corrected chi connectivity index (χ1v) is 6.00. The van der Waals surface area contributed by atoms with E-state index in [-0.39, 0.29) is 5.91 Å². The van der Waals surface area contributed by atoms with Gasteiger partial charge in [-0.1, -0.05) is 11.6 Å². The maximum atomic E-state index is 11.9. The molecule has 0 saturated carbocycles. The predicted octanol–water partition coefficient (Wildman–Crippen LogP) is 2.57. The van der Waals surface area contributed by atoms with E-state index < -0.39 is 5.54 Å². The van der Waals surface area contributed by atoms with E-state index in [1.807, 2.05) is 13.8 Å². The maximum absolute atomic E-state index is 11.9. The molecule has 88 valence electrons. The van der Waals surface area contributed by atoms with Crippen molar-refractivity contribution in [1.29, 1.82) is 0 Å². The zero-order valence-corrected chi connectivity index (χ0v) is 11.5. The molecule has 0 bridgehead atoms. The van der Waals surface area contributed by atoms with E-state index in [0.717, 1.165) is 0 Å². The third kappa shape index (κ3) is 3.47. The average molecular weight is 306 g/mol. The molecule has 0 aromatic heterocycles. The molecule has 5 heteroatoms. The molecule has 1 aromatic rings. The van der Waals surface area contributed by atoms with E-state index in [0.29, 0.717) is 21.6 Å². The van der Waals surface area contributed by atoms with Crippen LogP contribution in [0.4, 0.5) is 0 Å². The average Bonchev–Trinajstić information content (AvgIpc) is 2.21. The summed E-state index contributed by atoms with van der Waals surface area (Å²) < 4.78 is 0.710. The van der Waals surface area contributed by atoms with Crippen LogP contribution < -0.4 is 11.1 Å². The summed E-state index contributed by atoms with van der Waals surface area (Å²) in [6, 6.07) is 5.08. The molecule has 0 aliphatic heterocycles. The number of carbonyl (C=O) groups is 1. The summed E-state index contributed by atoms with van der Waals surface area (Å²) in [7, 11) is 0. The van der Waals surface area contributed by atoms with Crippen LogP contribution in [0.2, 0.25) is 5.02 Å². The number of nitrogens with one attached hydrogen (secondary N) is 1. The second-order valence-electron chi connectivity index (χ2n) is 4.17. The van der Waals surface area contributed by atoms with E-state index in [1.54, 1.807) is 18.2 Å². The minimum atomic E-state index is -0.432. The van der Waals surface area contributed by atoms with Crippen LogP contribution in [0.25, 0.3) is 0 Å². The Bertz CT molecular complexity index is 407. The number of hydrogen-bond acceptors (Lipinski definition) is 2. The molecule has 3 nitrogen and oxygen atoms in total. The molecule has 0 spiro atoms. The lowest BCUT2D eigenvalue weighted by molar-refractivity contribution is 0.0915. The van der Waals surface area contributed by atoms with Gasteiger partial charge in [0, 0.05) is 21.6 Å². The maximum Gasteiger partial charge on any atom is 0.252 e. The third-order valence-electron chi connectivity index (χ3n) is 2.14. The summed E-state index contributed by atoms with van der Waals surface area (Å²) >= 11 is 9.15. The van der Waals surface area contributed by atoms with Crippen molar-refractivity contribution in [3.05, 3.63) is 33.3 Å². The zero-order chi connectivity index (χ0) is 12.3. The molecular weight excluding hydrogens is 291 g/mol. The molecule has 0 fully saturated rings. The van der Waals surface area contributed by atoms with Crippen LogP contribution in [0.5, 0.6) is 0 Å². The summed E-state index contributed by atoms with van der Waals surface area (Å²) in [6.07, 6.45) is 0. The molecule has 0 saturated heterocycles. The molecule has 1 amide bonds. The van der Waals surface area contributed by atoms with Gasteiger partial charge in [0.2, 0.25) is 0 Å². The fraction of sp³-hybridized carbons (Fsp3) is 0.364. The Morgan fingerprint density at radius 1 is 1.56 bits per heavy atom. The van der Waals surface area contributed by atoms with Crippen molar-refractivity contribution in [1.82, 2.24) is 5.32 Å². The second-order valence-corrected chi connectivity index (χ2v) is 5.46. The van der Waals surface area contributed by atoms with E-state index in [1.165, 1.54) is 0 Å². The molecule has 16 heavy (non-hydrogen) atoms. The van der Waals surface area contributed by atoms with E-state index >= 15 is 0 Å². The molecule has 1 aromatic carbocycles. The number of hydrogen-bond donors (Lipinski definition) is 2. The van der Waals surface area contributed by atoms with Crippen molar-refractivity contribution in [2.45, 2.75) is 19.4 Å². The van der Waals surface area contributed by atoms with Gasteiger partial charge in [-0.15, -0.1) is 0 Å². The monoisotopic (exact) mass is 304 g/mol. The number of halogens is 2. The SMILES string of the molecule is CC(C)(CN)NC(=O)c1cc(Cl)ccc1Br. The molecule has 0 aliphatic carbocycles. The van der Waals surface area contributed by atoms with Crippen molar-refractivity contribution in [3.63, 3.8) is 0 Å². The Hall–Kier alpha value is -0.580. The lowest BCUT2D eigenvalue weighted by Gasteiger charge is -2.24. The highest BCUT2D eigenvalue weighted by Gasteiger charge is 2.20. The van der Waals surface area contributed by atoms with Crippen molar-refractivity contribution in [3.8, 4) is 0 Å². The first-order valence-electron chi connectivity index (χ1n) is 4.83. The normalized spacial score (nSPS) is 11.3. The molecular formula is C11H14BrClN2O. The number of carbonyl (C=O) groups excluding carboxylic acids is 1. The van der Waals surface area contributed by atoms with Crippen molar-refractivity contribution in [2.75, 3.05) is 6.54 Å². The van der Waals surface area contributed by atoms with Gasteiger partial charge in [-0.25, -0.2) is 0 Å². The molecule has 1 rings (SSSR count). The van der Waals surface area contributed by atoms with Gasteiger partial charge in [-0.2, -0.15) is 0 Å². The Morgan fingerprint density at radius 3 is 2.75 bits per heavy atom. The van der Waals surface area contributed by atoms with Gasteiger partial charge >= 0.3 is 0 Å². The summed E-state index contributed by atoms with van der Waals surface area (Å²) in [5, 5.41) is 3.36. The van der Waals surface area contributed by atoms with Gasteiger partial charge in [0.15, 0.2) is 0 Å². The van der Waals surface area contributed by atoms with Gasteiger partial charge in [-0.3, -0.25) is 4.79 Å². The third-order valence-corrected chi connectivity index (χ3v) is 3.06. The van der Waals surface area contributed by atoms with E-state index in [9.17, 15) is 4.79 Å². The summed E-state index contributed by atoms with van der Waals surface area (Å²) in [6.45, 7) is 4.10. The first kappa shape index (κ1) is 13.5. The Morgan fingerprint density at radius 2 is 2.19 bits per heavy atom. The zero-order valence-electron chi connectivity index (χ0n) is 9.18. The van der Waals surface area contributed by atoms with Crippen LogP contribution in [0.1, 0.15) is 24.2 Å². The van der Waals surface area contributed by atoms with Crippen molar-refractivity contribution < 1.29 is 4.79 Å². The lowest BCUT2D eigenvalue weighted by Crippen LogP contribution is -2.48. The number of nitrogens with two attached hydrogens (primary N) is 1. The number of amides is 1. The van der Waals surface area contributed by atoms with Crippen LogP contribution in [0.15, 0.2) is 22.7 Å². The molecule has 0 unspecified atom stereocenters. The Labute approximate surface area is 108 Å². The topological polar surface area (TPSA) is 55.1 Å². The highest BCUT2D eigenvalue weighted by atomic mass is 79.9.